The van der Waals surface area contributed by atoms with Crippen molar-refractivity contribution in [1.29, 1.82) is 0 Å². The third-order valence-electron chi connectivity index (χ3n) is 2.29. The molecule has 0 saturated heterocycles. The number of hydrogen-bond acceptors (Lipinski definition) is 2. The minimum absolute atomic E-state index is 0.101. The van der Waals surface area contributed by atoms with Crippen molar-refractivity contribution < 1.29 is 5.11 Å². The van der Waals surface area contributed by atoms with Crippen LogP contribution in [-0.2, 0) is 0 Å². The maximum absolute atomic E-state index is 8.67. The molecule has 0 aromatic carbocycles. The van der Waals surface area contributed by atoms with Crippen molar-refractivity contribution in [2.45, 2.75) is 52.5 Å². The van der Waals surface area contributed by atoms with E-state index < -0.39 is 0 Å². The van der Waals surface area contributed by atoms with Crippen molar-refractivity contribution in [1.82, 2.24) is 0 Å². The van der Waals surface area contributed by atoms with E-state index >= 15 is 0 Å². The molecule has 2 heteroatoms. The van der Waals surface area contributed by atoms with E-state index in [0.29, 0.717) is 0 Å². The fourth-order valence-electron chi connectivity index (χ4n) is 1.45. The molecule has 0 spiro atoms. The summed E-state index contributed by atoms with van der Waals surface area (Å²) in [5.74, 6) is 0. The van der Waals surface area contributed by atoms with Gasteiger partial charge in [0.25, 0.3) is 0 Å². The van der Waals surface area contributed by atoms with Crippen molar-refractivity contribution in [3.63, 3.8) is 0 Å². The van der Waals surface area contributed by atoms with Gasteiger partial charge >= 0.3 is 0 Å². The number of allylic oxidation sites excluding steroid dienone is 3. The molecule has 3 N–H and O–H groups in total. The van der Waals surface area contributed by atoms with E-state index in [2.05, 4.69) is 32.9 Å². The van der Waals surface area contributed by atoms with E-state index in [1.54, 1.807) is 0 Å². The van der Waals surface area contributed by atoms with Gasteiger partial charge in [-0.25, -0.2) is 0 Å². The molecule has 0 heterocycles. The lowest BCUT2D eigenvalue weighted by Gasteiger charge is -2.07. The van der Waals surface area contributed by atoms with E-state index in [9.17, 15) is 0 Å². The Morgan fingerprint density at radius 2 is 2.00 bits per heavy atom. The summed E-state index contributed by atoms with van der Waals surface area (Å²) in [6.07, 6.45) is 8.20. The van der Waals surface area contributed by atoms with Gasteiger partial charge in [-0.15, -0.1) is 0 Å². The molecule has 0 rings (SSSR count). The predicted octanol–water partition coefficient (Wildman–Crippen LogP) is 2.78. The van der Waals surface area contributed by atoms with E-state index in [1.165, 1.54) is 11.1 Å². The van der Waals surface area contributed by atoms with Gasteiger partial charge in [0.05, 0.1) is 0 Å². The molecule has 0 saturated carbocycles. The minimum Gasteiger partial charge on any atom is -0.396 e. The molecule has 0 aliphatic heterocycles. The Bertz CT molecular complexity index is 215. The van der Waals surface area contributed by atoms with E-state index in [1.807, 2.05) is 0 Å². The van der Waals surface area contributed by atoms with Gasteiger partial charge in [0, 0.05) is 12.6 Å². The van der Waals surface area contributed by atoms with Gasteiger partial charge in [0.2, 0.25) is 0 Å². The highest BCUT2D eigenvalue weighted by Crippen LogP contribution is 2.08. The third kappa shape index (κ3) is 9.70. The Hall–Kier alpha value is -0.600. The monoisotopic (exact) mass is 211 g/mol. The van der Waals surface area contributed by atoms with Crippen molar-refractivity contribution in [2.75, 3.05) is 6.61 Å². The minimum atomic E-state index is 0.101. The molecule has 0 radical (unpaired) electrons. The molecule has 0 aromatic rings. The summed E-state index contributed by atoms with van der Waals surface area (Å²) in [6.45, 7) is 6.59. The fraction of sp³-hybridized carbons (Fsp3) is 0.692. The SMILES string of the molecule is CC(C)=CCCC(C)=CC(N)CCCO. The molecule has 88 valence electrons. The summed E-state index contributed by atoms with van der Waals surface area (Å²) in [4.78, 5) is 0. The van der Waals surface area contributed by atoms with E-state index in [0.717, 1.165) is 25.7 Å². The van der Waals surface area contributed by atoms with E-state index in [-0.39, 0.29) is 12.6 Å². The molecule has 1 atom stereocenters. The summed E-state index contributed by atoms with van der Waals surface area (Å²) in [5.41, 5.74) is 8.60. The first kappa shape index (κ1) is 14.4. The molecule has 0 amide bonds. The van der Waals surface area contributed by atoms with Crippen LogP contribution in [0.25, 0.3) is 0 Å². The zero-order valence-electron chi connectivity index (χ0n) is 10.3. The number of aliphatic hydroxyl groups is 1. The Kier molecular flexibility index (Phi) is 8.34. The van der Waals surface area contributed by atoms with Gasteiger partial charge < -0.3 is 10.8 Å². The Labute approximate surface area is 93.9 Å². The fourth-order valence-corrected chi connectivity index (χ4v) is 1.45. The smallest absolute Gasteiger partial charge is 0.0431 e. The standard InChI is InChI=1S/C13H25NO/c1-11(2)6-4-7-12(3)10-13(14)8-5-9-15/h6,10,13,15H,4-5,7-9,14H2,1-3H3. The van der Waals surface area contributed by atoms with Gasteiger partial charge in [-0.05, 0) is 46.5 Å². The Morgan fingerprint density at radius 3 is 2.53 bits per heavy atom. The highest BCUT2D eigenvalue weighted by Gasteiger charge is 1.98. The van der Waals surface area contributed by atoms with Crippen molar-refractivity contribution in [3.8, 4) is 0 Å². The molecule has 0 aromatic heterocycles. The Morgan fingerprint density at radius 1 is 1.33 bits per heavy atom. The summed E-state index contributed by atoms with van der Waals surface area (Å²) < 4.78 is 0. The largest absolute Gasteiger partial charge is 0.396 e. The summed E-state index contributed by atoms with van der Waals surface area (Å²) in [6, 6.07) is 0.101. The first-order chi connectivity index (χ1) is 7.06. The van der Waals surface area contributed by atoms with Crippen LogP contribution in [0, 0.1) is 0 Å². The highest BCUT2D eigenvalue weighted by molar-refractivity contribution is 5.05. The van der Waals surface area contributed by atoms with Gasteiger partial charge in [-0.3, -0.25) is 0 Å². The van der Waals surface area contributed by atoms with Gasteiger partial charge in [-0.2, -0.15) is 0 Å². The first-order valence-electron chi connectivity index (χ1n) is 5.73. The van der Waals surface area contributed by atoms with Crippen LogP contribution in [0.15, 0.2) is 23.3 Å². The number of rotatable bonds is 7. The molecule has 15 heavy (non-hydrogen) atoms. The molecular formula is C13H25NO. The lowest BCUT2D eigenvalue weighted by Crippen LogP contribution is -2.17. The number of nitrogens with two attached hydrogens (primary N) is 1. The van der Waals surface area contributed by atoms with Crippen LogP contribution in [0.3, 0.4) is 0 Å². The maximum Gasteiger partial charge on any atom is 0.0431 e. The first-order valence-corrected chi connectivity index (χ1v) is 5.73. The van der Waals surface area contributed by atoms with E-state index in [4.69, 9.17) is 10.8 Å². The normalized spacial score (nSPS) is 13.8. The highest BCUT2D eigenvalue weighted by atomic mass is 16.2. The van der Waals surface area contributed by atoms with Crippen LogP contribution in [0.2, 0.25) is 0 Å². The van der Waals surface area contributed by atoms with Crippen molar-refractivity contribution >= 4 is 0 Å². The summed E-state index contributed by atoms with van der Waals surface area (Å²) in [5, 5.41) is 8.67. The van der Waals surface area contributed by atoms with Gasteiger partial charge in [0.15, 0.2) is 0 Å². The van der Waals surface area contributed by atoms with Crippen LogP contribution < -0.4 is 5.73 Å². The lowest BCUT2D eigenvalue weighted by atomic mass is 10.1. The van der Waals surface area contributed by atoms with Crippen molar-refractivity contribution in [3.05, 3.63) is 23.3 Å². The van der Waals surface area contributed by atoms with Gasteiger partial charge in [-0.1, -0.05) is 23.3 Å². The molecular weight excluding hydrogens is 186 g/mol. The average Bonchev–Trinajstić information content (AvgIpc) is 2.14. The Balaban J connectivity index is 3.81. The number of hydrogen-bond donors (Lipinski definition) is 2. The summed E-state index contributed by atoms with van der Waals surface area (Å²) >= 11 is 0. The maximum atomic E-state index is 8.67. The second-order valence-corrected chi connectivity index (χ2v) is 4.36. The van der Waals surface area contributed by atoms with Crippen LogP contribution in [0.5, 0.6) is 0 Å². The third-order valence-corrected chi connectivity index (χ3v) is 2.29. The average molecular weight is 211 g/mol. The quantitative estimate of drug-likeness (QED) is 0.636. The number of aliphatic hydroxyl groups excluding tert-OH is 1. The molecule has 2 nitrogen and oxygen atoms in total. The second kappa shape index (κ2) is 8.69. The second-order valence-electron chi connectivity index (χ2n) is 4.36. The van der Waals surface area contributed by atoms with Crippen LogP contribution in [0.1, 0.15) is 46.5 Å². The predicted molar refractivity (Wildman–Crippen MR) is 66.7 cm³/mol. The van der Waals surface area contributed by atoms with Crippen LogP contribution >= 0.6 is 0 Å². The lowest BCUT2D eigenvalue weighted by molar-refractivity contribution is 0.282. The molecule has 0 aliphatic carbocycles. The van der Waals surface area contributed by atoms with Crippen LogP contribution in [0.4, 0.5) is 0 Å². The molecule has 0 aliphatic rings. The zero-order chi connectivity index (χ0) is 11.7. The van der Waals surface area contributed by atoms with Crippen molar-refractivity contribution in [2.24, 2.45) is 5.73 Å². The summed E-state index contributed by atoms with van der Waals surface area (Å²) in [7, 11) is 0. The van der Waals surface area contributed by atoms with Gasteiger partial charge in [0.1, 0.15) is 0 Å². The zero-order valence-corrected chi connectivity index (χ0v) is 10.3. The van der Waals surface area contributed by atoms with Crippen LogP contribution in [-0.4, -0.2) is 17.8 Å². The molecule has 0 bridgehead atoms. The topological polar surface area (TPSA) is 46.2 Å². The molecule has 1 unspecified atom stereocenters. The molecule has 0 fully saturated rings.